The lowest BCUT2D eigenvalue weighted by atomic mass is 10.1. The predicted molar refractivity (Wildman–Crippen MR) is 66.8 cm³/mol. The van der Waals surface area contributed by atoms with Crippen molar-refractivity contribution in [1.82, 2.24) is 9.78 Å². The van der Waals surface area contributed by atoms with Gasteiger partial charge in [-0.15, -0.1) is 0 Å². The van der Waals surface area contributed by atoms with Gasteiger partial charge in [-0.1, -0.05) is 6.07 Å². The third-order valence-electron chi connectivity index (χ3n) is 2.37. The van der Waals surface area contributed by atoms with Gasteiger partial charge in [0.05, 0.1) is 0 Å². The minimum Gasteiger partial charge on any atom is -0.324 e. The standard InChI is InChI=1S/C13H15N3O/c1-10-6-11(2)8-12(7-10)15-13(17)9-16-5-3-4-14-16/h3-8H,9H2,1-2H3,(H,15,17). The number of hydrogen-bond donors (Lipinski definition) is 1. The summed E-state index contributed by atoms with van der Waals surface area (Å²) in [5.74, 6) is -0.0706. The van der Waals surface area contributed by atoms with Crippen LogP contribution in [0.3, 0.4) is 0 Å². The van der Waals surface area contributed by atoms with Crippen molar-refractivity contribution in [2.24, 2.45) is 0 Å². The fraction of sp³-hybridized carbons (Fsp3) is 0.231. The van der Waals surface area contributed by atoms with Crippen LogP contribution in [0.2, 0.25) is 0 Å². The summed E-state index contributed by atoms with van der Waals surface area (Å²) >= 11 is 0. The Bertz CT molecular complexity index is 497. The average molecular weight is 229 g/mol. The van der Waals surface area contributed by atoms with Gasteiger partial charge < -0.3 is 5.32 Å². The van der Waals surface area contributed by atoms with Gasteiger partial charge in [-0.05, 0) is 43.2 Å². The molecule has 1 aromatic carbocycles. The quantitative estimate of drug-likeness (QED) is 0.876. The molecule has 1 N–H and O–H groups in total. The Morgan fingerprint density at radius 2 is 2.00 bits per heavy atom. The van der Waals surface area contributed by atoms with Gasteiger partial charge in [-0.25, -0.2) is 0 Å². The first-order chi connectivity index (χ1) is 8.13. The SMILES string of the molecule is Cc1cc(C)cc(NC(=O)Cn2cccn2)c1. The number of aromatic nitrogens is 2. The molecule has 1 aromatic heterocycles. The molecule has 4 heteroatoms. The van der Waals surface area contributed by atoms with Crippen LogP contribution in [0.15, 0.2) is 36.7 Å². The van der Waals surface area contributed by atoms with Crippen molar-refractivity contribution in [2.45, 2.75) is 20.4 Å². The minimum absolute atomic E-state index is 0.0706. The van der Waals surface area contributed by atoms with Crippen molar-refractivity contribution in [3.05, 3.63) is 47.8 Å². The zero-order valence-electron chi connectivity index (χ0n) is 9.97. The second-order valence-electron chi connectivity index (χ2n) is 4.13. The van der Waals surface area contributed by atoms with Crippen molar-refractivity contribution in [2.75, 3.05) is 5.32 Å². The van der Waals surface area contributed by atoms with E-state index in [4.69, 9.17) is 0 Å². The number of carbonyl (C=O) groups is 1. The van der Waals surface area contributed by atoms with Gasteiger partial charge in [0.15, 0.2) is 0 Å². The van der Waals surface area contributed by atoms with E-state index in [9.17, 15) is 4.79 Å². The van der Waals surface area contributed by atoms with Crippen LogP contribution in [0, 0.1) is 13.8 Å². The molecule has 0 aliphatic carbocycles. The molecule has 0 spiro atoms. The Morgan fingerprint density at radius 1 is 1.29 bits per heavy atom. The Balaban J connectivity index is 2.03. The highest BCUT2D eigenvalue weighted by molar-refractivity contribution is 5.90. The fourth-order valence-corrected chi connectivity index (χ4v) is 1.79. The van der Waals surface area contributed by atoms with Crippen molar-refractivity contribution in [3.8, 4) is 0 Å². The number of nitrogens with zero attached hydrogens (tertiary/aromatic N) is 2. The summed E-state index contributed by atoms with van der Waals surface area (Å²) in [5.41, 5.74) is 3.11. The van der Waals surface area contributed by atoms with Crippen molar-refractivity contribution in [3.63, 3.8) is 0 Å². The van der Waals surface area contributed by atoms with E-state index in [1.165, 1.54) is 0 Å². The summed E-state index contributed by atoms with van der Waals surface area (Å²) < 4.78 is 1.60. The molecule has 4 nitrogen and oxygen atoms in total. The predicted octanol–water partition coefficient (Wildman–Crippen LogP) is 2.14. The molecule has 0 radical (unpaired) electrons. The molecule has 88 valence electrons. The average Bonchev–Trinajstić information content (AvgIpc) is 2.67. The molecule has 1 heterocycles. The fourth-order valence-electron chi connectivity index (χ4n) is 1.79. The van der Waals surface area contributed by atoms with Gasteiger partial charge in [0.2, 0.25) is 5.91 Å². The van der Waals surface area contributed by atoms with Crippen LogP contribution in [0.1, 0.15) is 11.1 Å². The number of carbonyl (C=O) groups excluding carboxylic acids is 1. The number of benzene rings is 1. The number of aryl methyl sites for hydroxylation is 2. The maximum absolute atomic E-state index is 11.7. The molecule has 0 aliphatic rings. The van der Waals surface area contributed by atoms with E-state index in [-0.39, 0.29) is 12.5 Å². The molecule has 1 amide bonds. The van der Waals surface area contributed by atoms with Crippen molar-refractivity contribution in [1.29, 1.82) is 0 Å². The van der Waals surface area contributed by atoms with Gasteiger partial charge in [-0.3, -0.25) is 9.48 Å². The van der Waals surface area contributed by atoms with Crippen LogP contribution in [0.4, 0.5) is 5.69 Å². The van der Waals surface area contributed by atoms with E-state index in [0.717, 1.165) is 16.8 Å². The number of amides is 1. The molecule has 0 saturated heterocycles. The van der Waals surface area contributed by atoms with Gasteiger partial charge in [0, 0.05) is 18.1 Å². The monoisotopic (exact) mass is 229 g/mol. The molecule has 17 heavy (non-hydrogen) atoms. The molecule has 2 rings (SSSR count). The number of nitrogens with one attached hydrogen (secondary N) is 1. The van der Waals surface area contributed by atoms with E-state index >= 15 is 0 Å². The number of rotatable bonds is 3. The maximum atomic E-state index is 11.7. The molecule has 0 saturated carbocycles. The highest BCUT2D eigenvalue weighted by Crippen LogP contribution is 2.13. The lowest BCUT2D eigenvalue weighted by Crippen LogP contribution is -2.19. The van der Waals surface area contributed by atoms with E-state index in [1.54, 1.807) is 23.1 Å². The van der Waals surface area contributed by atoms with Crippen LogP contribution in [0.25, 0.3) is 0 Å². The van der Waals surface area contributed by atoms with Crippen LogP contribution in [0.5, 0.6) is 0 Å². The van der Waals surface area contributed by atoms with Crippen molar-refractivity contribution < 1.29 is 4.79 Å². The zero-order chi connectivity index (χ0) is 12.3. The first kappa shape index (κ1) is 11.4. The Morgan fingerprint density at radius 3 is 2.59 bits per heavy atom. The smallest absolute Gasteiger partial charge is 0.246 e. The molecule has 0 unspecified atom stereocenters. The highest BCUT2D eigenvalue weighted by atomic mass is 16.2. The molecule has 0 fully saturated rings. The van der Waals surface area contributed by atoms with E-state index < -0.39 is 0 Å². The third-order valence-corrected chi connectivity index (χ3v) is 2.37. The van der Waals surface area contributed by atoms with E-state index in [1.807, 2.05) is 26.0 Å². The largest absolute Gasteiger partial charge is 0.324 e. The summed E-state index contributed by atoms with van der Waals surface area (Å²) in [7, 11) is 0. The van der Waals surface area contributed by atoms with Gasteiger partial charge >= 0.3 is 0 Å². The highest BCUT2D eigenvalue weighted by Gasteiger charge is 2.04. The lowest BCUT2D eigenvalue weighted by molar-refractivity contribution is -0.116. The van der Waals surface area contributed by atoms with Crippen LogP contribution in [-0.2, 0) is 11.3 Å². The number of anilines is 1. The third kappa shape index (κ3) is 3.17. The molecule has 2 aromatic rings. The lowest BCUT2D eigenvalue weighted by Gasteiger charge is -2.07. The summed E-state index contributed by atoms with van der Waals surface area (Å²) in [6.07, 6.45) is 3.42. The van der Waals surface area contributed by atoms with Gasteiger partial charge in [-0.2, -0.15) is 5.10 Å². The molecule has 0 atom stereocenters. The maximum Gasteiger partial charge on any atom is 0.246 e. The van der Waals surface area contributed by atoms with Crippen LogP contribution < -0.4 is 5.32 Å². The molecular weight excluding hydrogens is 214 g/mol. The Kier molecular flexibility index (Phi) is 3.23. The first-order valence-electron chi connectivity index (χ1n) is 5.49. The normalized spacial score (nSPS) is 10.2. The minimum atomic E-state index is -0.0706. The van der Waals surface area contributed by atoms with Gasteiger partial charge in [0.25, 0.3) is 0 Å². The zero-order valence-corrected chi connectivity index (χ0v) is 9.97. The summed E-state index contributed by atoms with van der Waals surface area (Å²) in [6, 6.07) is 7.77. The Labute approximate surface area is 100 Å². The van der Waals surface area contributed by atoms with E-state index in [0.29, 0.717) is 0 Å². The van der Waals surface area contributed by atoms with E-state index in [2.05, 4.69) is 16.5 Å². The molecule has 0 aliphatic heterocycles. The second kappa shape index (κ2) is 4.82. The first-order valence-corrected chi connectivity index (χ1v) is 5.49. The summed E-state index contributed by atoms with van der Waals surface area (Å²) in [5, 5.41) is 6.85. The number of hydrogen-bond acceptors (Lipinski definition) is 2. The molecule has 0 bridgehead atoms. The van der Waals surface area contributed by atoms with Crippen LogP contribution in [-0.4, -0.2) is 15.7 Å². The summed E-state index contributed by atoms with van der Waals surface area (Å²) in [4.78, 5) is 11.7. The molecular formula is C13H15N3O. The summed E-state index contributed by atoms with van der Waals surface area (Å²) in [6.45, 7) is 4.26. The second-order valence-corrected chi connectivity index (χ2v) is 4.13. The Hall–Kier alpha value is -2.10. The van der Waals surface area contributed by atoms with Crippen molar-refractivity contribution >= 4 is 11.6 Å². The van der Waals surface area contributed by atoms with Gasteiger partial charge in [0.1, 0.15) is 6.54 Å². The van der Waals surface area contributed by atoms with Crippen LogP contribution >= 0.6 is 0 Å². The topological polar surface area (TPSA) is 46.9 Å².